The van der Waals surface area contributed by atoms with Gasteiger partial charge in [0.05, 0.1) is 37.3 Å². The lowest BCUT2D eigenvalue weighted by Crippen LogP contribution is -2.62. The molecule has 6 aromatic rings. The maximum Gasteiger partial charge on any atom is 0.305 e. The molecule has 0 unspecified atom stereocenters. The smallest absolute Gasteiger partial charge is 0.305 e. The van der Waals surface area contributed by atoms with E-state index in [9.17, 15) is 63.2 Å². The summed E-state index contributed by atoms with van der Waals surface area (Å²) >= 11 is 0.616. The van der Waals surface area contributed by atoms with E-state index in [-0.39, 0.29) is 50.0 Å². The maximum absolute atomic E-state index is 15.7. The molecular weight excluding hydrogens is 1760 g/mol. The van der Waals surface area contributed by atoms with E-state index in [1.54, 1.807) is 91.9 Å². The lowest BCUT2D eigenvalue weighted by atomic mass is 9.98. The minimum absolute atomic E-state index is 0.152. The molecule has 5 aromatic carbocycles. The average Bonchev–Trinajstić information content (AvgIpc) is 1.76. The van der Waals surface area contributed by atoms with Crippen molar-refractivity contribution in [1.82, 2.24) is 77.3 Å². The maximum atomic E-state index is 15.7. The second kappa shape index (κ2) is 48.0. The van der Waals surface area contributed by atoms with E-state index < -0.39 is 296 Å². The summed E-state index contributed by atoms with van der Waals surface area (Å²) in [5.74, 6) is -27.1. The van der Waals surface area contributed by atoms with Gasteiger partial charge in [-0.25, -0.2) is 13.2 Å². The van der Waals surface area contributed by atoms with Crippen LogP contribution in [0.2, 0.25) is 0 Å². The number of aliphatic carboxylic acids is 1. The minimum atomic E-state index is -2.08. The number of aliphatic hydroxyl groups is 2. The lowest BCUT2D eigenvalue weighted by Gasteiger charge is -2.38. The van der Waals surface area contributed by atoms with Crippen LogP contribution in [0, 0.1) is 23.4 Å². The van der Waals surface area contributed by atoms with E-state index in [1.807, 2.05) is 0 Å². The Bertz CT molecular complexity index is 5220. The molecule has 1 aromatic heterocycles. The van der Waals surface area contributed by atoms with Gasteiger partial charge in [-0.2, -0.15) is 0 Å². The Morgan fingerprint density at radius 3 is 1.59 bits per heavy atom. The number of thioether (sulfide) groups is 1. The van der Waals surface area contributed by atoms with Crippen LogP contribution in [-0.2, 0) is 114 Å². The average molecular weight is 1870 g/mol. The van der Waals surface area contributed by atoms with E-state index >= 15 is 51.9 Å². The van der Waals surface area contributed by atoms with Crippen LogP contribution >= 0.6 is 11.8 Å². The van der Waals surface area contributed by atoms with Crippen LogP contribution in [0.1, 0.15) is 100.0 Å². The molecule has 39 nitrogen and oxygen atoms in total. The fourth-order valence-corrected chi connectivity index (χ4v) is 16.9. The van der Waals surface area contributed by atoms with Gasteiger partial charge in [-0.15, -0.1) is 11.8 Å². The number of nitrogens with one attached hydrogen (secondary N) is 10. The van der Waals surface area contributed by atoms with Crippen LogP contribution in [0.4, 0.5) is 13.2 Å². The van der Waals surface area contributed by atoms with Crippen molar-refractivity contribution in [2.24, 2.45) is 23.1 Å². The molecule has 4 heterocycles. The predicted molar refractivity (Wildman–Crippen MR) is 475 cm³/mol. The Morgan fingerprint density at radius 1 is 0.511 bits per heavy atom. The Hall–Kier alpha value is -13.6. The number of aromatic nitrogens is 1. The van der Waals surface area contributed by atoms with Gasteiger partial charge in [0.1, 0.15) is 84.3 Å². The molecule has 16 amide bonds. The molecule has 3 aliphatic heterocycles. The van der Waals surface area contributed by atoms with Crippen molar-refractivity contribution in [1.29, 1.82) is 0 Å². The van der Waals surface area contributed by atoms with Crippen LogP contribution in [0.15, 0.2) is 128 Å². The van der Waals surface area contributed by atoms with Crippen molar-refractivity contribution < 1.29 is 115 Å². The zero-order valence-corrected chi connectivity index (χ0v) is 74.9. The minimum Gasteiger partial charge on any atom is -0.508 e. The number of hydrogen-bond acceptors (Lipinski definition) is 22. The molecule has 0 radical (unpaired) electrons. The van der Waals surface area contributed by atoms with Crippen molar-refractivity contribution >= 4 is 123 Å². The van der Waals surface area contributed by atoms with E-state index in [0.717, 1.165) is 38.6 Å². The number of benzene rings is 5. The summed E-state index contributed by atoms with van der Waals surface area (Å²) < 4.78 is 45.0. The van der Waals surface area contributed by atoms with E-state index in [1.165, 1.54) is 51.4 Å². The van der Waals surface area contributed by atoms with E-state index in [2.05, 4.69) is 52.8 Å². The Kier molecular flexibility index (Phi) is 37.3. The Balaban J connectivity index is 1.14. The molecule has 133 heavy (non-hydrogen) atoms. The molecule has 3 saturated heterocycles. The number of carboxylic acids is 1. The third-order valence-corrected chi connectivity index (χ3v) is 24.3. The first-order valence-electron chi connectivity index (χ1n) is 43.2. The number of halogens is 3. The zero-order valence-electron chi connectivity index (χ0n) is 74.0. The first kappa shape index (κ1) is 103. The van der Waals surface area contributed by atoms with Crippen LogP contribution in [0.5, 0.6) is 5.75 Å². The number of amides is 16. The number of H-pyrrole nitrogens is 1. The number of nitrogens with two attached hydrogens (primary N) is 3. The molecule has 0 bridgehead atoms. The number of likely N-dealkylation sites (N-methyl/N-ethyl adjacent to an activating group) is 3. The Morgan fingerprint density at radius 2 is 1.02 bits per heavy atom. The van der Waals surface area contributed by atoms with Crippen LogP contribution in [0.3, 0.4) is 0 Å². The van der Waals surface area contributed by atoms with Gasteiger partial charge in [0.15, 0.2) is 17.5 Å². The zero-order chi connectivity index (χ0) is 97.4. The summed E-state index contributed by atoms with van der Waals surface area (Å²) in [7, 11) is 3.52. The van der Waals surface area contributed by atoms with Gasteiger partial charge in [-0.05, 0) is 83.5 Å². The van der Waals surface area contributed by atoms with Crippen LogP contribution in [0.25, 0.3) is 10.9 Å². The van der Waals surface area contributed by atoms with Crippen LogP contribution in [-0.4, -0.2) is 300 Å². The van der Waals surface area contributed by atoms with Gasteiger partial charge >= 0.3 is 5.97 Å². The number of carbonyl (C=O) groups excluding carboxylic acids is 16. The van der Waals surface area contributed by atoms with Gasteiger partial charge in [0, 0.05) is 102 Å². The first-order valence-corrected chi connectivity index (χ1v) is 44.4. The summed E-state index contributed by atoms with van der Waals surface area (Å²) in [6, 6.07) is 6.29. The van der Waals surface area contributed by atoms with Gasteiger partial charge in [-0.3, -0.25) is 81.5 Å². The molecule has 0 aliphatic carbocycles. The topological polar surface area (TPSA) is 589 Å². The van der Waals surface area contributed by atoms with Crippen molar-refractivity contribution in [3.05, 3.63) is 173 Å². The largest absolute Gasteiger partial charge is 0.508 e. The summed E-state index contributed by atoms with van der Waals surface area (Å²) in [5.41, 5.74) is 18.9. The Labute approximate surface area is 767 Å². The van der Waals surface area contributed by atoms with Crippen molar-refractivity contribution in [3.63, 3.8) is 0 Å². The van der Waals surface area contributed by atoms with E-state index in [0.29, 0.717) is 57.9 Å². The summed E-state index contributed by atoms with van der Waals surface area (Å²) in [5, 5.41) is 66.6. The predicted octanol–water partition coefficient (Wildman–Crippen LogP) is -2.02. The first-order chi connectivity index (χ1) is 63.1. The molecule has 9 rings (SSSR count). The van der Waals surface area contributed by atoms with Gasteiger partial charge in [-0.1, -0.05) is 125 Å². The number of rotatable bonds is 23. The van der Waals surface area contributed by atoms with Crippen molar-refractivity contribution in [2.75, 3.05) is 58.8 Å². The van der Waals surface area contributed by atoms with Crippen molar-refractivity contribution in [3.8, 4) is 5.75 Å². The highest BCUT2D eigenvalue weighted by Gasteiger charge is 2.48. The number of carbonyl (C=O) groups is 17. The number of fused-ring (bicyclic) bond motifs is 3. The number of aromatic hydroxyl groups is 1. The number of carboxylic acid groups (broad SMARTS) is 1. The highest BCUT2D eigenvalue weighted by atomic mass is 32.2. The SMILES string of the molecule is CCCC[C@H]1C(=O)N2C[C@H](O)C[C@@H]2C(=O)N[C@@H](CC(=O)O)C(=O)N[C@@H](C(C)C)C(=O)N(C)[C@@H](Cc2ccccc2)C(=O)N[C@@H](CC(N)=O)C(=O)N2C[C@H](O)C[C@@H]2C(=O)N[C@@H](Cc2c[nH]c3ccccc23)C(=O)N[C@@H](Cc2ccc(O)cc2)C(=O)N[C@@H](CCN)C(=O)N[C@H](C(=O)NCC(N)=O)CSCC(=O)N[C@@H](Cc2cc(F)c(F)c(F)c2)C(=O)N(C)[C@@H](Cc2ccccc2)C(=O)N1C. The summed E-state index contributed by atoms with van der Waals surface area (Å²) in [6.07, 6.45) is -6.92. The second-order valence-corrected chi connectivity index (χ2v) is 34.5. The van der Waals surface area contributed by atoms with Crippen LogP contribution < -0.4 is 65.1 Å². The lowest BCUT2D eigenvalue weighted by molar-refractivity contribution is -0.152. The quantitative estimate of drug-likeness (QED) is 0.0308. The number of unbranched alkanes of at least 4 members (excludes halogenated alkanes) is 1. The molecule has 716 valence electrons. The number of nitrogens with zero attached hydrogens (tertiary/aromatic N) is 5. The number of phenolic OH excluding ortho intramolecular Hbond substituents is 1. The monoisotopic (exact) mass is 1870 g/mol. The number of hydrogen-bond donors (Lipinski definition) is 17. The van der Waals surface area contributed by atoms with Gasteiger partial charge in [0.2, 0.25) is 94.5 Å². The second-order valence-electron chi connectivity index (χ2n) is 33.5. The third-order valence-electron chi connectivity index (χ3n) is 23.2. The summed E-state index contributed by atoms with van der Waals surface area (Å²) in [6.45, 7) is 2.32. The molecular formula is C90H113F3N18O21S. The molecule has 0 spiro atoms. The molecule has 3 aliphatic rings. The third kappa shape index (κ3) is 28.3. The number of phenols is 1. The number of para-hydroxylation sites is 1. The highest BCUT2D eigenvalue weighted by Crippen LogP contribution is 2.29. The molecule has 3 fully saturated rings. The molecule has 0 saturated carbocycles. The number of aliphatic hydroxyl groups excluding tert-OH is 2. The van der Waals surface area contributed by atoms with Gasteiger partial charge in [0.25, 0.3) is 0 Å². The fraction of sp³-hybridized carbons (Fsp3) is 0.456. The standard InChI is InChI=1S/C90H113F3N18O21S/c1-7-8-23-67-89(131)111-44-55(114)38-70(111)85(127)103-63(40-75(118)119)82(124)106-77(47(2)3)90(132)108(5)68(34-48-17-11-9-12-18-48)83(125)104-65(39-72(95)115)87(129)110-43-54(113)37-69(110)84(126)102-62(36-52-41-97-59-22-16-15-21-56(52)59)81(123)101-61(32-50-24-26-53(112)27-25-50)80(122)100-60(28-29-94)79(121)105-66(78(120)98-42-73(96)116)45-133-46-74(117)99-64(33-51-30-57(91)76(93)58(92)31-51)86(128)109(6)71(88(130)107(67)4)35-49-19-13-10-14-20-49/h9-22,24-27,30-31,41,47,54-55,60-71,77,97,112-114H,7-8,23,28-29,32-40,42-46,94H2,1-6H3,(H2,95,115)(H2,96,116)(H,98,120)(H,99,117)(H,100,122)(H,101,123)(H,102,126)(H,103,127)(H,104,125)(H,105,121)(H,106,124)(H,118,119)/t54-,55-,60+,61+,62+,63+,64+,65+,66+,67+,68+,69-,70-,71+,77+/m1/s1. The fourth-order valence-electron chi connectivity index (χ4n) is 16.1. The highest BCUT2D eigenvalue weighted by molar-refractivity contribution is 8.00. The van der Waals surface area contributed by atoms with E-state index in [4.69, 9.17) is 17.2 Å². The number of primary amides is 2. The normalized spacial score (nSPS) is 24.7. The summed E-state index contributed by atoms with van der Waals surface area (Å²) in [4.78, 5) is 257. The van der Waals surface area contributed by atoms with Gasteiger partial charge < -0.3 is 115 Å². The molecule has 20 N–H and O–H groups in total. The molecule has 43 heteroatoms. The number of aromatic amines is 1. The van der Waals surface area contributed by atoms with Crippen molar-refractivity contribution in [2.45, 2.75) is 195 Å². The molecule has 15 atom stereocenters.